The number of carboxylic acid groups (broad SMARTS) is 1. The number of aliphatic carboxylic acids is 1. The highest BCUT2D eigenvalue weighted by molar-refractivity contribution is 7.89. The van der Waals surface area contributed by atoms with Crippen LogP contribution >= 0.6 is 0 Å². The molecule has 9 heteroatoms. The SMILES string of the molecule is CCN1CCCCC1Cc1ccccc1S(=O)(=O)N(F)C1(C(=O)O)C2COc3ccccc3C21. The van der Waals surface area contributed by atoms with E-state index in [-0.39, 0.29) is 22.1 Å². The van der Waals surface area contributed by atoms with Crippen LogP contribution in [0.3, 0.4) is 0 Å². The number of rotatable bonds is 7. The molecular weight excluding hydrogens is 459 g/mol. The van der Waals surface area contributed by atoms with Crippen molar-refractivity contribution in [3.63, 3.8) is 0 Å². The molecule has 7 nitrogen and oxygen atoms in total. The number of likely N-dealkylation sites (tertiary alicyclic amines) is 1. The normalized spacial score (nSPS) is 28.6. The molecule has 182 valence electrons. The van der Waals surface area contributed by atoms with E-state index in [2.05, 4.69) is 11.8 Å². The van der Waals surface area contributed by atoms with Gasteiger partial charge in [-0.3, -0.25) is 4.79 Å². The fraction of sp³-hybridized carbons (Fsp3) is 0.480. The van der Waals surface area contributed by atoms with E-state index >= 15 is 4.48 Å². The first-order valence-corrected chi connectivity index (χ1v) is 13.3. The molecular formula is C25H29FN2O5S. The van der Waals surface area contributed by atoms with Gasteiger partial charge in [-0.1, -0.05) is 49.7 Å². The van der Waals surface area contributed by atoms with Crippen LogP contribution < -0.4 is 4.74 Å². The van der Waals surface area contributed by atoms with Crippen LogP contribution in [0.4, 0.5) is 4.48 Å². The summed E-state index contributed by atoms with van der Waals surface area (Å²) in [5, 5.41) is 10.1. The molecule has 2 aliphatic heterocycles. The predicted octanol–water partition coefficient (Wildman–Crippen LogP) is 3.61. The van der Waals surface area contributed by atoms with Crippen molar-refractivity contribution in [2.45, 2.75) is 55.0 Å². The number of para-hydroxylation sites is 1. The summed E-state index contributed by atoms with van der Waals surface area (Å²) in [5.41, 5.74) is -1.19. The van der Waals surface area contributed by atoms with Crippen LogP contribution in [-0.2, 0) is 21.2 Å². The number of ether oxygens (including phenoxy) is 1. The van der Waals surface area contributed by atoms with Gasteiger partial charge in [0.2, 0.25) is 0 Å². The third-order valence-electron chi connectivity index (χ3n) is 7.71. The Bertz CT molecular complexity index is 1210. The molecule has 2 aromatic rings. The Morgan fingerprint density at radius 3 is 2.71 bits per heavy atom. The van der Waals surface area contributed by atoms with Crippen molar-refractivity contribution >= 4 is 16.0 Å². The predicted molar refractivity (Wildman–Crippen MR) is 124 cm³/mol. The fourth-order valence-electron chi connectivity index (χ4n) is 5.95. The van der Waals surface area contributed by atoms with E-state index < -0.39 is 33.4 Å². The highest BCUT2D eigenvalue weighted by Crippen LogP contribution is 2.66. The molecule has 5 rings (SSSR count). The van der Waals surface area contributed by atoms with Gasteiger partial charge in [0.15, 0.2) is 5.54 Å². The standard InChI is InChI=1S/C25H29FN2O5S/c1-2-27-14-8-7-10-18(27)15-17-9-3-6-13-22(17)34(31,32)28(26)25(24(29)30)20-16-33-21-12-5-4-11-19(21)23(20)25/h3-6,9,11-13,18,20,23H,2,7-8,10,14-16H2,1H3,(H,29,30). The van der Waals surface area contributed by atoms with E-state index in [1.54, 1.807) is 42.5 Å². The second-order valence-electron chi connectivity index (χ2n) is 9.37. The maximum Gasteiger partial charge on any atom is 0.329 e. The molecule has 0 spiro atoms. The Labute approximate surface area is 199 Å². The van der Waals surface area contributed by atoms with E-state index in [0.29, 0.717) is 23.3 Å². The molecule has 34 heavy (non-hydrogen) atoms. The van der Waals surface area contributed by atoms with Gasteiger partial charge in [0, 0.05) is 23.4 Å². The summed E-state index contributed by atoms with van der Waals surface area (Å²) in [5.74, 6) is -2.65. The summed E-state index contributed by atoms with van der Waals surface area (Å²) in [6.45, 7) is 3.84. The maximum absolute atomic E-state index is 16.1. The Hall–Kier alpha value is -2.49. The lowest BCUT2D eigenvalue weighted by atomic mass is 9.95. The van der Waals surface area contributed by atoms with Gasteiger partial charge in [-0.2, -0.15) is 0 Å². The van der Waals surface area contributed by atoms with E-state index in [4.69, 9.17) is 4.74 Å². The molecule has 1 aliphatic carbocycles. The molecule has 1 N–H and O–H groups in total. The first-order valence-electron chi connectivity index (χ1n) is 11.8. The second-order valence-corrected chi connectivity index (χ2v) is 11.1. The van der Waals surface area contributed by atoms with Crippen molar-refractivity contribution in [1.29, 1.82) is 0 Å². The van der Waals surface area contributed by atoms with E-state index in [1.165, 1.54) is 6.07 Å². The fourth-order valence-corrected chi connectivity index (χ4v) is 7.58. The third kappa shape index (κ3) is 3.44. The lowest BCUT2D eigenvalue weighted by Crippen LogP contribution is -2.45. The minimum atomic E-state index is -4.73. The molecule has 3 aliphatic rings. The van der Waals surface area contributed by atoms with Crippen molar-refractivity contribution in [3.8, 4) is 5.75 Å². The number of nitrogens with zero attached hydrogens (tertiary/aromatic N) is 2. The molecule has 2 aromatic carbocycles. The molecule has 0 amide bonds. The first-order chi connectivity index (χ1) is 16.3. The minimum absolute atomic E-state index is 0.0564. The monoisotopic (exact) mass is 488 g/mol. The number of carboxylic acids is 1. The number of carbonyl (C=O) groups is 1. The van der Waals surface area contributed by atoms with Gasteiger partial charge in [-0.25, -0.2) is 8.42 Å². The Balaban J connectivity index is 1.51. The lowest BCUT2D eigenvalue weighted by Gasteiger charge is -2.35. The Kier molecular flexibility index (Phi) is 5.90. The first kappa shape index (κ1) is 23.3. The zero-order valence-corrected chi connectivity index (χ0v) is 19.9. The number of hydrogen-bond acceptors (Lipinski definition) is 5. The summed E-state index contributed by atoms with van der Waals surface area (Å²) in [7, 11) is -4.73. The highest BCUT2D eigenvalue weighted by atomic mass is 32.2. The summed E-state index contributed by atoms with van der Waals surface area (Å²) < 4.78 is 48.6. The number of piperidine rings is 1. The summed E-state index contributed by atoms with van der Waals surface area (Å²) >= 11 is 0. The number of fused-ring (bicyclic) bond motifs is 3. The van der Waals surface area contributed by atoms with Gasteiger partial charge in [0.1, 0.15) is 5.75 Å². The molecule has 0 aromatic heterocycles. The number of hydrogen-bond donors (Lipinski definition) is 1. The van der Waals surface area contributed by atoms with Crippen LogP contribution in [0.15, 0.2) is 53.4 Å². The van der Waals surface area contributed by atoms with Crippen LogP contribution in [-0.4, -0.2) is 60.2 Å². The molecule has 4 unspecified atom stereocenters. The van der Waals surface area contributed by atoms with Gasteiger partial charge in [-0.15, -0.1) is 4.48 Å². The highest BCUT2D eigenvalue weighted by Gasteiger charge is 2.79. The molecule has 2 heterocycles. The van der Waals surface area contributed by atoms with Gasteiger partial charge in [-0.05, 0) is 54.6 Å². The zero-order chi connectivity index (χ0) is 24.1. The van der Waals surface area contributed by atoms with Crippen LogP contribution in [0.25, 0.3) is 0 Å². The summed E-state index contributed by atoms with van der Waals surface area (Å²) in [4.78, 5) is 14.6. The van der Waals surface area contributed by atoms with E-state index in [9.17, 15) is 18.3 Å². The van der Waals surface area contributed by atoms with Crippen LogP contribution in [0.1, 0.15) is 43.2 Å². The van der Waals surface area contributed by atoms with Gasteiger partial charge >= 0.3 is 5.97 Å². The van der Waals surface area contributed by atoms with Crippen molar-refractivity contribution < 1.29 is 27.5 Å². The Morgan fingerprint density at radius 2 is 1.94 bits per heavy atom. The number of sulfonamides is 1. The summed E-state index contributed by atoms with van der Waals surface area (Å²) in [6, 6.07) is 13.4. The largest absolute Gasteiger partial charge is 0.493 e. The van der Waals surface area contributed by atoms with Crippen molar-refractivity contribution in [2.24, 2.45) is 5.92 Å². The minimum Gasteiger partial charge on any atom is -0.493 e. The topological polar surface area (TPSA) is 87.2 Å². The average Bonchev–Trinajstić information content (AvgIpc) is 3.55. The van der Waals surface area contributed by atoms with Gasteiger partial charge in [0.25, 0.3) is 10.0 Å². The summed E-state index contributed by atoms with van der Waals surface area (Å²) in [6.07, 6.45) is 3.58. The lowest BCUT2D eigenvalue weighted by molar-refractivity contribution is -0.149. The van der Waals surface area contributed by atoms with E-state index in [1.807, 2.05) is 0 Å². The van der Waals surface area contributed by atoms with Gasteiger partial charge in [0.05, 0.1) is 11.5 Å². The van der Waals surface area contributed by atoms with Crippen LogP contribution in [0.5, 0.6) is 5.75 Å². The molecule has 2 fully saturated rings. The zero-order valence-electron chi connectivity index (χ0n) is 19.1. The van der Waals surface area contributed by atoms with Gasteiger partial charge < -0.3 is 14.7 Å². The van der Waals surface area contributed by atoms with Crippen molar-refractivity contribution in [3.05, 3.63) is 59.7 Å². The maximum atomic E-state index is 16.1. The Morgan fingerprint density at radius 1 is 1.21 bits per heavy atom. The number of benzene rings is 2. The molecule has 1 saturated carbocycles. The van der Waals surface area contributed by atoms with E-state index in [0.717, 1.165) is 32.4 Å². The smallest absolute Gasteiger partial charge is 0.329 e. The second kappa shape index (κ2) is 8.62. The molecule has 0 radical (unpaired) electrons. The number of halogens is 1. The third-order valence-corrected chi connectivity index (χ3v) is 9.39. The average molecular weight is 489 g/mol. The molecule has 1 saturated heterocycles. The van der Waals surface area contributed by atoms with Crippen LogP contribution in [0.2, 0.25) is 0 Å². The molecule has 4 atom stereocenters. The number of likely N-dealkylation sites (N-methyl/N-ethyl adjacent to an activating group) is 1. The van der Waals surface area contributed by atoms with Crippen molar-refractivity contribution in [2.75, 3.05) is 19.7 Å². The van der Waals surface area contributed by atoms with Crippen LogP contribution in [0, 0.1) is 5.92 Å². The van der Waals surface area contributed by atoms with Crippen molar-refractivity contribution in [1.82, 2.24) is 9.43 Å². The quantitative estimate of drug-likeness (QED) is 0.600. The molecule has 0 bridgehead atoms.